The fourth-order valence-corrected chi connectivity index (χ4v) is 7.15. The lowest BCUT2D eigenvalue weighted by molar-refractivity contribution is -0.143. The molecule has 18 heteroatoms. The quantitative estimate of drug-likeness (QED) is 0.0771. The second-order valence-electron chi connectivity index (χ2n) is 15.2. The number of likely N-dealkylation sites (N-methyl/N-ethyl adjacent to an activating group) is 1. The van der Waals surface area contributed by atoms with Crippen molar-refractivity contribution in [1.29, 1.82) is 5.26 Å². The molecule has 1 aliphatic rings. The lowest BCUT2D eigenvalue weighted by Gasteiger charge is -2.32. The maximum Gasteiger partial charge on any atom is 0.251 e. The molecule has 1 aliphatic heterocycles. The number of rotatable bonds is 19. The third-order valence-corrected chi connectivity index (χ3v) is 10.4. The summed E-state index contributed by atoms with van der Waals surface area (Å²) in [6.45, 7) is 5.24. The maximum atomic E-state index is 14.5. The van der Waals surface area contributed by atoms with Gasteiger partial charge in [0, 0.05) is 43.2 Å². The summed E-state index contributed by atoms with van der Waals surface area (Å²) in [5.74, 6) is -3.17. The van der Waals surface area contributed by atoms with Crippen LogP contribution in [0.1, 0.15) is 71.8 Å². The maximum absolute atomic E-state index is 14.5. The second-order valence-corrected chi connectivity index (χ2v) is 15.2. The predicted octanol–water partition coefficient (Wildman–Crippen LogP) is 0.628. The Balaban J connectivity index is 1.73. The van der Waals surface area contributed by atoms with E-state index in [1.807, 2.05) is 25.1 Å². The van der Waals surface area contributed by atoms with Gasteiger partial charge in [0.25, 0.3) is 5.91 Å². The van der Waals surface area contributed by atoms with Gasteiger partial charge in [-0.2, -0.15) is 5.26 Å². The molecule has 0 unspecified atom stereocenters. The van der Waals surface area contributed by atoms with Gasteiger partial charge >= 0.3 is 0 Å². The molecule has 0 radical (unpaired) electrons. The number of nitrogens with one attached hydrogen (secondary N) is 5. The second kappa shape index (κ2) is 24.2. The average molecular weight is 869 g/mol. The molecule has 0 saturated carbocycles. The topological polar surface area (TPSA) is 286 Å². The van der Waals surface area contributed by atoms with Crippen molar-refractivity contribution in [3.63, 3.8) is 0 Å². The van der Waals surface area contributed by atoms with E-state index in [2.05, 4.69) is 33.5 Å². The molecule has 0 aromatic heterocycles. The van der Waals surface area contributed by atoms with E-state index in [0.29, 0.717) is 39.3 Å². The van der Waals surface area contributed by atoms with Crippen LogP contribution in [0.3, 0.4) is 0 Å². The van der Waals surface area contributed by atoms with Gasteiger partial charge in [-0.15, -0.1) is 0 Å². The molecule has 4 rings (SSSR count). The van der Waals surface area contributed by atoms with Gasteiger partial charge in [0.2, 0.25) is 29.5 Å². The molecule has 0 spiro atoms. The van der Waals surface area contributed by atoms with Crippen molar-refractivity contribution in [2.75, 3.05) is 53.0 Å². The van der Waals surface area contributed by atoms with Crippen molar-refractivity contribution in [2.24, 2.45) is 17.2 Å². The summed E-state index contributed by atoms with van der Waals surface area (Å²) in [5, 5.41) is 22.3. The molecule has 63 heavy (non-hydrogen) atoms. The number of hydrogen-bond acceptors (Lipinski definition) is 12. The number of nitrogens with zero attached hydrogens (tertiary/aromatic N) is 2. The van der Waals surface area contributed by atoms with E-state index in [-0.39, 0.29) is 52.2 Å². The van der Waals surface area contributed by atoms with E-state index in [4.69, 9.17) is 31.9 Å². The minimum atomic E-state index is -1.41. The van der Waals surface area contributed by atoms with E-state index in [1.165, 1.54) is 14.0 Å². The van der Waals surface area contributed by atoms with E-state index in [1.54, 1.807) is 42.5 Å². The number of ether oxygens (including phenoxy) is 2. The molecule has 6 amide bonds. The highest BCUT2D eigenvalue weighted by atomic mass is 16.5. The zero-order valence-electron chi connectivity index (χ0n) is 36.4. The molecule has 0 saturated heterocycles. The van der Waals surface area contributed by atoms with Gasteiger partial charge in [0.1, 0.15) is 55.4 Å². The summed E-state index contributed by atoms with van der Waals surface area (Å²) in [5.41, 5.74) is 21.7. The third-order valence-electron chi connectivity index (χ3n) is 10.4. The minimum Gasteiger partial charge on any atom is -0.492 e. The number of carbonyl (C=O) groups excluding carboxylic acids is 6. The van der Waals surface area contributed by atoms with E-state index in [0.717, 1.165) is 35.3 Å². The Labute approximate surface area is 368 Å². The van der Waals surface area contributed by atoms with Crippen LogP contribution in [0.5, 0.6) is 11.5 Å². The Kier molecular flexibility index (Phi) is 18.9. The molecule has 1 heterocycles. The summed E-state index contributed by atoms with van der Waals surface area (Å²) < 4.78 is 12.1. The first-order valence-corrected chi connectivity index (χ1v) is 21.1. The SMILES string of the molecule is CCCCc1ccc(C(=O)NCC(=O)N[C@@H](CCN)C(=O)N(C)[C@@H]2C(=O)N[C@@H](C)C(=O)N[C@H](C(=O)NCC#N)Cc3ccc(OCCN)c(c3)-c3cc2ccc3OCCN)c(C)c1. The molecule has 0 aliphatic carbocycles. The van der Waals surface area contributed by atoms with Crippen LogP contribution in [0, 0.1) is 18.3 Å². The van der Waals surface area contributed by atoms with Crippen LogP contribution in [-0.2, 0) is 36.8 Å². The van der Waals surface area contributed by atoms with Crippen LogP contribution in [0.4, 0.5) is 0 Å². The van der Waals surface area contributed by atoms with Crippen LogP contribution in [0.2, 0.25) is 0 Å². The first kappa shape index (κ1) is 49.1. The highest BCUT2D eigenvalue weighted by Crippen LogP contribution is 2.40. The molecule has 3 aromatic carbocycles. The molecular weight excluding hydrogens is 809 g/mol. The lowest BCUT2D eigenvalue weighted by atomic mass is 9.93. The number of nitriles is 1. The van der Waals surface area contributed by atoms with Gasteiger partial charge in [-0.3, -0.25) is 28.8 Å². The monoisotopic (exact) mass is 868 g/mol. The Bertz CT molecular complexity index is 2160. The normalized spacial score (nSPS) is 16.5. The van der Waals surface area contributed by atoms with Crippen molar-refractivity contribution in [3.8, 4) is 28.7 Å². The van der Waals surface area contributed by atoms with Gasteiger partial charge in [-0.05, 0) is 92.2 Å². The molecule has 4 atom stereocenters. The number of amides is 6. The van der Waals surface area contributed by atoms with Gasteiger partial charge < -0.3 is 58.2 Å². The van der Waals surface area contributed by atoms with Gasteiger partial charge in [0.05, 0.1) is 12.6 Å². The van der Waals surface area contributed by atoms with Gasteiger partial charge in [0.15, 0.2) is 0 Å². The largest absolute Gasteiger partial charge is 0.492 e. The highest BCUT2D eigenvalue weighted by molar-refractivity contribution is 5.99. The molecule has 18 nitrogen and oxygen atoms in total. The summed E-state index contributed by atoms with van der Waals surface area (Å²) in [6, 6.07) is 12.5. The summed E-state index contributed by atoms with van der Waals surface area (Å²) in [4.78, 5) is 83.4. The molecule has 4 bridgehead atoms. The predicted molar refractivity (Wildman–Crippen MR) is 236 cm³/mol. The van der Waals surface area contributed by atoms with Gasteiger partial charge in [-0.1, -0.05) is 37.6 Å². The Morgan fingerprint density at radius 1 is 0.905 bits per heavy atom. The standard InChI is InChI=1S/C45H60N10O8/c1-5-6-7-29-8-11-32(27(2)22-29)42(58)51-26-39(56)53-35(14-15-46)45(61)55(4)40-31-10-13-38(63-21-18-49)34(25-31)33-23-30(9-12-37(33)62-20-17-48)24-36(43(59)50-19-16-47)54-41(57)28(3)52-44(40)60/h8-13,22-23,25,28,35-36,40H,5-7,14-15,17-21,24,26,46,48-49H2,1-4H3,(H,50,59)(H,51,58)(H,52,60)(H,53,56)(H,54,57)/t28-,35-,36-,40-/m0/s1. The number of hydrogen-bond donors (Lipinski definition) is 8. The number of fused-ring (bicyclic) bond motifs is 5. The fourth-order valence-electron chi connectivity index (χ4n) is 7.15. The van der Waals surface area contributed by atoms with Crippen LogP contribution in [0.15, 0.2) is 54.6 Å². The number of aryl methyl sites for hydroxylation is 2. The van der Waals surface area contributed by atoms with E-state index in [9.17, 15) is 28.8 Å². The first-order chi connectivity index (χ1) is 30.3. The summed E-state index contributed by atoms with van der Waals surface area (Å²) >= 11 is 0. The number of benzene rings is 3. The zero-order chi connectivity index (χ0) is 46.1. The fraction of sp³-hybridized carbons (Fsp3) is 0.444. The molecule has 3 aromatic rings. The van der Waals surface area contributed by atoms with Gasteiger partial charge in [-0.25, -0.2) is 0 Å². The molecule has 0 fully saturated rings. The average Bonchev–Trinajstić information content (AvgIpc) is 3.27. The highest BCUT2D eigenvalue weighted by Gasteiger charge is 2.36. The number of carbonyl (C=O) groups is 6. The third kappa shape index (κ3) is 13.5. The summed E-state index contributed by atoms with van der Waals surface area (Å²) in [6.07, 6.45) is 2.94. The van der Waals surface area contributed by atoms with E-state index < -0.39 is 66.2 Å². The smallest absolute Gasteiger partial charge is 0.251 e. The number of nitrogens with two attached hydrogens (primary N) is 3. The molecular formula is C45H60N10O8. The zero-order valence-corrected chi connectivity index (χ0v) is 36.4. The van der Waals surface area contributed by atoms with Crippen LogP contribution in [0.25, 0.3) is 11.1 Å². The Morgan fingerprint density at radius 3 is 2.22 bits per heavy atom. The van der Waals surface area contributed by atoms with Crippen molar-refractivity contribution in [2.45, 2.75) is 77.0 Å². The van der Waals surface area contributed by atoms with Crippen LogP contribution < -0.4 is 53.3 Å². The Hall–Kier alpha value is -6.55. The Morgan fingerprint density at radius 2 is 1.59 bits per heavy atom. The van der Waals surface area contributed by atoms with Crippen molar-refractivity contribution in [1.82, 2.24) is 31.5 Å². The number of unbranched alkanes of at least 4 members (excludes halogenated alkanes) is 1. The van der Waals surface area contributed by atoms with Crippen molar-refractivity contribution < 1.29 is 38.2 Å². The lowest BCUT2D eigenvalue weighted by Crippen LogP contribution is -2.56. The van der Waals surface area contributed by atoms with Crippen LogP contribution in [-0.4, -0.2) is 111 Å². The van der Waals surface area contributed by atoms with Crippen LogP contribution >= 0.6 is 0 Å². The minimum absolute atomic E-state index is 0.00379. The van der Waals surface area contributed by atoms with E-state index >= 15 is 0 Å². The summed E-state index contributed by atoms with van der Waals surface area (Å²) in [7, 11) is 1.38. The molecule has 338 valence electrons. The van der Waals surface area contributed by atoms with Crippen molar-refractivity contribution >= 4 is 35.4 Å². The van der Waals surface area contributed by atoms with Crippen molar-refractivity contribution in [3.05, 3.63) is 82.4 Å². The molecule has 11 N–H and O–H groups in total. The first-order valence-electron chi connectivity index (χ1n) is 21.1.